The van der Waals surface area contributed by atoms with Gasteiger partial charge < -0.3 is 10.6 Å². The molecule has 1 aliphatic carbocycles. The van der Waals surface area contributed by atoms with Gasteiger partial charge in [0.1, 0.15) is 0 Å². The number of benzene rings is 1. The van der Waals surface area contributed by atoms with Crippen LogP contribution in [0, 0.1) is 19.8 Å². The van der Waals surface area contributed by atoms with Crippen molar-refractivity contribution in [1.29, 1.82) is 0 Å². The molecule has 25 heavy (non-hydrogen) atoms. The first kappa shape index (κ1) is 17.5. The molecule has 1 atom stereocenters. The molecule has 2 N–H and O–H groups in total. The Kier molecular flexibility index (Phi) is 5.41. The van der Waals surface area contributed by atoms with Gasteiger partial charge in [-0.3, -0.25) is 4.68 Å². The molecule has 0 spiro atoms. The zero-order valence-electron chi connectivity index (χ0n) is 15.4. The van der Waals surface area contributed by atoms with Gasteiger partial charge in [0, 0.05) is 25.3 Å². The predicted octanol–water partition coefficient (Wildman–Crippen LogP) is 3.12. The van der Waals surface area contributed by atoms with E-state index in [9.17, 15) is 4.79 Å². The molecule has 1 aromatic carbocycles. The van der Waals surface area contributed by atoms with Crippen molar-refractivity contribution in [3.8, 4) is 0 Å². The lowest BCUT2D eigenvalue weighted by molar-refractivity contribution is 0.238. The topological polar surface area (TPSA) is 59.0 Å². The van der Waals surface area contributed by atoms with Crippen molar-refractivity contribution in [3.05, 3.63) is 52.3 Å². The van der Waals surface area contributed by atoms with E-state index in [1.165, 1.54) is 36.0 Å². The molecule has 0 aliphatic heterocycles. The highest BCUT2D eigenvalue weighted by Crippen LogP contribution is 2.22. The molecule has 2 aromatic rings. The van der Waals surface area contributed by atoms with Crippen LogP contribution in [-0.4, -0.2) is 22.4 Å². The smallest absolute Gasteiger partial charge is 0.315 e. The number of fused-ring (bicyclic) bond motifs is 1. The van der Waals surface area contributed by atoms with Crippen LogP contribution in [-0.2, 0) is 25.9 Å². The lowest BCUT2D eigenvalue weighted by atomic mass is 10.1. The number of hydrogen-bond acceptors (Lipinski definition) is 2. The number of hydrogen-bond donors (Lipinski definition) is 2. The lowest BCUT2D eigenvalue weighted by Crippen LogP contribution is -2.38. The highest BCUT2D eigenvalue weighted by Gasteiger charge is 2.12. The Morgan fingerprint density at radius 1 is 1.20 bits per heavy atom. The molecule has 0 saturated heterocycles. The Bertz CT molecular complexity index is 750. The van der Waals surface area contributed by atoms with Gasteiger partial charge in [-0.2, -0.15) is 5.10 Å². The van der Waals surface area contributed by atoms with Gasteiger partial charge in [-0.15, -0.1) is 0 Å². The summed E-state index contributed by atoms with van der Waals surface area (Å²) in [7, 11) is 0. The Labute approximate surface area is 149 Å². The van der Waals surface area contributed by atoms with Crippen molar-refractivity contribution < 1.29 is 4.79 Å². The van der Waals surface area contributed by atoms with Crippen LogP contribution in [0.3, 0.4) is 0 Å². The monoisotopic (exact) mass is 340 g/mol. The number of carbonyl (C=O) groups is 1. The van der Waals surface area contributed by atoms with Gasteiger partial charge in [-0.1, -0.05) is 25.1 Å². The fourth-order valence-corrected chi connectivity index (χ4v) is 3.47. The fourth-order valence-electron chi connectivity index (χ4n) is 3.47. The quantitative estimate of drug-likeness (QED) is 0.849. The molecule has 5 heteroatoms. The molecule has 1 aromatic heterocycles. The minimum absolute atomic E-state index is 0.110. The summed E-state index contributed by atoms with van der Waals surface area (Å²) >= 11 is 0. The minimum Gasteiger partial charge on any atom is -0.338 e. The van der Waals surface area contributed by atoms with E-state index in [4.69, 9.17) is 0 Å². The Morgan fingerprint density at radius 3 is 2.76 bits per heavy atom. The summed E-state index contributed by atoms with van der Waals surface area (Å²) in [4.78, 5) is 12.0. The summed E-state index contributed by atoms with van der Waals surface area (Å²) in [5, 5.41) is 10.4. The Morgan fingerprint density at radius 2 is 2.00 bits per heavy atom. The zero-order chi connectivity index (χ0) is 17.8. The van der Waals surface area contributed by atoms with Crippen LogP contribution in [0.2, 0.25) is 0 Å². The van der Waals surface area contributed by atoms with E-state index < -0.39 is 0 Å². The van der Waals surface area contributed by atoms with Gasteiger partial charge in [0.05, 0.1) is 5.69 Å². The molecule has 0 saturated carbocycles. The van der Waals surface area contributed by atoms with E-state index >= 15 is 0 Å². The first-order valence-electron chi connectivity index (χ1n) is 9.14. The van der Waals surface area contributed by atoms with Crippen molar-refractivity contribution in [2.24, 2.45) is 5.92 Å². The Balaban J connectivity index is 1.41. The van der Waals surface area contributed by atoms with Crippen LogP contribution in [0.1, 0.15) is 41.4 Å². The van der Waals surface area contributed by atoms with E-state index in [1.54, 1.807) is 0 Å². The first-order valence-corrected chi connectivity index (χ1v) is 9.14. The number of aryl methyl sites for hydroxylation is 4. The van der Waals surface area contributed by atoms with E-state index in [2.05, 4.69) is 53.8 Å². The summed E-state index contributed by atoms with van der Waals surface area (Å²) < 4.78 is 2.00. The van der Waals surface area contributed by atoms with E-state index in [-0.39, 0.29) is 6.03 Å². The largest absolute Gasteiger partial charge is 0.338 e. The molecular weight excluding hydrogens is 312 g/mol. The molecule has 0 bridgehead atoms. The van der Waals surface area contributed by atoms with Crippen LogP contribution < -0.4 is 10.6 Å². The SMILES string of the molecule is Cc1cc(C)n(CC(C)CNC(=O)NCc2ccc3c(c2)CCC3)n1. The fraction of sp³-hybridized carbons (Fsp3) is 0.500. The first-order chi connectivity index (χ1) is 12.0. The van der Waals surface area contributed by atoms with Gasteiger partial charge in [-0.05, 0) is 61.8 Å². The summed E-state index contributed by atoms with van der Waals surface area (Å²) in [5.41, 5.74) is 6.27. The molecule has 1 unspecified atom stereocenters. The number of amides is 2. The van der Waals surface area contributed by atoms with Crippen molar-refractivity contribution >= 4 is 6.03 Å². The summed E-state index contributed by atoms with van der Waals surface area (Å²) in [6.07, 6.45) is 3.61. The number of nitrogens with one attached hydrogen (secondary N) is 2. The second-order valence-electron chi connectivity index (χ2n) is 7.23. The van der Waals surface area contributed by atoms with Crippen molar-refractivity contribution in [1.82, 2.24) is 20.4 Å². The predicted molar refractivity (Wildman–Crippen MR) is 99.6 cm³/mol. The average molecular weight is 340 g/mol. The molecule has 1 heterocycles. The molecule has 1 aliphatic rings. The maximum absolute atomic E-state index is 12.0. The molecule has 3 rings (SSSR count). The summed E-state index contributed by atoms with van der Waals surface area (Å²) in [6.45, 7) is 8.20. The maximum atomic E-state index is 12.0. The molecule has 134 valence electrons. The minimum atomic E-state index is -0.110. The van der Waals surface area contributed by atoms with E-state index in [0.29, 0.717) is 19.0 Å². The summed E-state index contributed by atoms with van der Waals surface area (Å²) in [5.74, 6) is 0.323. The maximum Gasteiger partial charge on any atom is 0.315 e. The molecule has 0 fully saturated rings. The van der Waals surface area contributed by atoms with Crippen LogP contribution in [0.4, 0.5) is 4.79 Å². The second-order valence-corrected chi connectivity index (χ2v) is 7.23. The normalized spacial score (nSPS) is 14.2. The number of nitrogens with zero attached hydrogens (tertiary/aromatic N) is 2. The molecule has 0 radical (unpaired) electrons. The van der Waals surface area contributed by atoms with Gasteiger partial charge in [0.15, 0.2) is 0 Å². The van der Waals surface area contributed by atoms with Crippen LogP contribution >= 0.6 is 0 Å². The van der Waals surface area contributed by atoms with Crippen molar-refractivity contribution in [2.45, 2.75) is 53.1 Å². The van der Waals surface area contributed by atoms with Gasteiger partial charge in [0.2, 0.25) is 0 Å². The standard InChI is InChI=1S/C20H28N4O/c1-14(13-24-16(3)9-15(2)23-24)11-21-20(25)22-12-17-7-8-18-5-4-6-19(18)10-17/h7-10,14H,4-6,11-13H2,1-3H3,(H2,21,22,25). The van der Waals surface area contributed by atoms with Gasteiger partial charge in [-0.25, -0.2) is 4.79 Å². The highest BCUT2D eigenvalue weighted by molar-refractivity contribution is 5.73. The van der Waals surface area contributed by atoms with E-state index in [1.807, 2.05) is 11.6 Å². The van der Waals surface area contributed by atoms with Gasteiger partial charge >= 0.3 is 6.03 Å². The number of aromatic nitrogens is 2. The third-order valence-electron chi connectivity index (χ3n) is 4.82. The molecule has 2 amide bonds. The third-order valence-corrected chi connectivity index (χ3v) is 4.82. The number of urea groups is 1. The van der Waals surface area contributed by atoms with Crippen LogP contribution in [0.5, 0.6) is 0 Å². The lowest BCUT2D eigenvalue weighted by Gasteiger charge is -2.14. The second kappa shape index (κ2) is 7.72. The molecular formula is C20H28N4O. The average Bonchev–Trinajstić information content (AvgIpc) is 3.16. The third kappa shape index (κ3) is 4.62. The molecule has 5 nitrogen and oxygen atoms in total. The Hall–Kier alpha value is -2.30. The van der Waals surface area contributed by atoms with Crippen molar-refractivity contribution in [2.75, 3.05) is 6.54 Å². The van der Waals surface area contributed by atoms with Gasteiger partial charge in [0.25, 0.3) is 0 Å². The van der Waals surface area contributed by atoms with Crippen LogP contribution in [0.15, 0.2) is 24.3 Å². The van der Waals surface area contributed by atoms with E-state index in [0.717, 1.165) is 17.9 Å². The zero-order valence-corrected chi connectivity index (χ0v) is 15.4. The van der Waals surface area contributed by atoms with Crippen molar-refractivity contribution in [3.63, 3.8) is 0 Å². The number of carbonyl (C=O) groups excluding carboxylic acids is 1. The number of rotatable bonds is 6. The highest BCUT2D eigenvalue weighted by atomic mass is 16.2. The summed E-state index contributed by atoms with van der Waals surface area (Å²) in [6, 6.07) is 8.52. The van der Waals surface area contributed by atoms with Crippen LogP contribution in [0.25, 0.3) is 0 Å².